The van der Waals surface area contributed by atoms with Crippen molar-refractivity contribution in [3.8, 4) is 11.5 Å². The molecule has 0 aliphatic carbocycles. The fourth-order valence-corrected chi connectivity index (χ4v) is 2.98. The first-order valence-corrected chi connectivity index (χ1v) is 10.7. The van der Waals surface area contributed by atoms with Crippen LogP contribution in [0.25, 0.3) is 0 Å². The van der Waals surface area contributed by atoms with Crippen molar-refractivity contribution in [1.29, 1.82) is 0 Å². The van der Waals surface area contributed by atoms with E-state index in [0.29, 0.717) is 36.9 Å². The number of nitrogens with zero attached hydrogens (tertiary/aromatic N) is 3. The largest absolute Gasteiger partial charge is 0.453 e. The van der Waals surface area contributed by atoms with Crippen molar-refractivity contribution in [1.82, 2.24) is 20.5 Å². The summed E-state index contributed by atoms with van der Waals surface area (Å²) in [5.41, 5.74) is 2.37. The van der Waals surface area contributed by atoms with Crippen LogP contribution in [0.15, 0.2) is 72.0 Å². The number of hydrogen-bond acceptors (Lipinski definition) is 4. The van der Waals surface area contributed by atoms with Crippen LogP contribution in [0.5, 0.6) is 11.5 Å². The van der Waals surface area contributed by atoms with Gasteiger partial charge in [-0.1, -0.05) is 18.2 Å². The number of guanidine groups is 1. The van der Waals surface area contributed by atoms with Gasteiger partial charge in [0.25, 0.3) is 5.91 Å². The molecule has 0 aliphatic heterocycles. The molecule has 0 fully saturated rings. The molecule has 7 nitrogen and oxygen atoms in total. The predicted molar refractivity (Wildman–Crippen MR) is 142 cm³/mol. The minimum absolute atomic E-state index is 0. The summed E-state index contributed by atoms with van der Waals surface area (Å²) in [5.74, 6) is 0.726. The quantitative estimate of drug-likeness (QED) is 0.233. The van der Waals surface area contributed by atoms with E-state index in [2.05, 4.69) is 20.6 Å². The van der Waals surface area contributed by atoms with Crippen LogP contribution in [0, 0.1) is 5.82 Å². The number of carbonyl (C=O) groups excluding carboxylic acids is 1. The van der Waals surface area contributed by atoms with Gasteiger partial charge >= 0.3 is 0 Å². The van der Waals surface area contributed by atoms with Crippen LogP contribution in [-0.2, 0) is 13.1 Å². The molecule has 34 heavy (non-hydrogen) atoms. The molecule has 1 heterocycles. The maximum Gasteiger partial charge on any atom is 0.253 e. The van der Waals surface area contributed by atoms with E-state index in [1.165, 1.54) is 12.3 Å². The van der Waals surface area contributed by atoms with Crippen molar-refractivity contribution in [2.75, 3.05) is 20.6 Å². The maximum atomic E-state index is 14.5. The third kappa shape index (κ3) is 7.98. The molecular formula is C25H29FIN5O2. The van der Waals surface area contributed by atoms with E-state index < -0.39 is 5.82 Å². The Kier molecular flexibility index (Phi) is 10.7. The van der Waals surface area contributed by atoms with E-state index in [1.54, 1.807) is 61.6 Å². The smallest absolute Gasteiger partial charge is 0.253 e. The SMILES string of the molecule is CCNC(=NCc1ccc(Oc2cccnc2)c(F)c1)NCc1ccc(C(=O)N(C)C)cc1.I. The van der Waals surface area contributed by atoms with Gasteiger partial charge in [-0.25, -0.2) is 9.38 Å². The number of rotatable bonds is 8. The van der Waals surface area contributed by atoms with Crippen molar-refractivity contribution in [2.24, 2.45) is 4.99 Å². The normalized spacial score (nSPS) is 10.8. The summed E-state index contributed by atoms with van der Waals surface area (Å²) in [7, 11) is 3.45. The summed E-state index contributed by atoms with van der Waals surface area (Å²) >= 11 is 0. The van der Waals surface area contributed by atoms with E-state index in [0.717, 1.165) is 11.1 Å². The molecule has 0 bridgehead atoms. The number of amides is 1. The van der Waals surface area contributed by atoms with Crippen LogP contribution < -0.4 is 15.4 Å². The van der Waals surface area contributed by atoms with Crippen molar-refractivity contribution < 1.29 is 13.9 Å². The van der Waals surface area contributed by atoms with Gasteiger partial charge in [0.05, 0.1) is 12.7 Å². The van der Waals surface area contributed by atoms with E-state index >= 15 is 0 Å². The molecule has 0 spiro atoms. The van der Waals surface area contributed by atoms with Crippen LogP contribution in [0.4, 0.5) is 4.39 Å². The lowest BCUT2D eigenvalue weighted by Gasteiger charge is -2.13. The van der Waals surface area contributed by atoms with Crippen LogP contribution >= 0.6 is 24.0 Å². The zero-order chi connectivity index (χ0) is 23.6. The van der Waals surface area contributed by atoms with Gasteiger partial charge in [-0.05, 0) is 54.4 Å². The lowest BCUT2D eigenvalue weighted by Crippen LogP contribution is -2.36. The molecule has 1 amide bonds. The Morgan fingerprint density at radius 1 is 1.09 bits per heavy atom. The maximum absolute atomic E-state index is 14.5. The highest BCUT2D eigenvalue weighted by Gasteiger charge is 2.08. The molecule has 1 aromatic heterocycles. The Bertz CT molecular complexity index is 1090. The van der Waals surface area contributed by atoms with Gasteiger partial charge in [0.1, 0.15) is 5.75 Å². The minimum atomic E-state index is -0.461. The number of carbonyl (C=O) groups is 1. The Morgan fingerprint density at radius 2 is 1.82 bits per heavy atom. The summed E-state index contributed by atoms with van der Waals surface area (Å²) < 4.78 is 20.0. The summed E-state index contributed by atoms with van der Waals surface area (Å²) in [4.78, 5) is 22.0. The molecule has 9 heteroatoms. The third-order valence-corrected chi connectivity index (χ3v) is 4.69. The summed E-state index contributed by atoms with van der Waals surface area (Å²) in [6, 6.07) is 15.7. The number of aromatic nitrogens is 1. The van der Waals surface area contributed by atoms with E-state index in [4.69, 9.17) is 4.74 Å². The molecule has 3 aromatic rings. The topological polar surface area (TPSA) is 78.9 Å². The molecule has 0 saturated heterocycles. The van der Waals surface area contributed by atoms with Crippen molar-refractivity contribution >= 4 is 35.8 Å². The number of nitrogens with one attached hydrogen (secondary N) is 2. The second kappa shape index (κ2) is 13.5. The Hall–Kier alpha value is -3.21. The van der Waals surface area contributed by atoms with E-state index in [1.807, 2.05) is 19.1 Å². The highest BCUT2D eigenvalue weighted by atomic mass is 127. The summed E-state index contributed by atoms with van der Waals surface area (Å²) in [6.45, 7) is 3.50. The number of aliphatic imine (C=N–C) groups is 1. The Morgan fingerprint density at radius 3 is 2.44 bits per heavy atom. The number of ether oxygens (including phenoxy) is 1. The molecule has 0 radical (unpaired) electrons. The third-order valence-electron chi connectivity index (χ3n) is 4.69. The van der Waals surface area contributed by atoms with Crippen molar-refractivity contribution in [3.63, 3.8) is 0 Å². The molecule has 180 valence electrons. The van der Waals surface area contributed by atoms with Gasteiger partial charge in [-0.3, -0.25) is 9.78 Å². The fourth-order valence-electron chi connectivity index (χ4n) is 2.98. The molecule has 2 aromatic carbocycles. The van der Waals surface area contributed by atoms with Crippen LogP contribution in [0.3, 0.4) is 0 Å². The number of halogens is 2. The zero-order valence-electron chi connectivity index (χ0n) is 19.4. The average Bonchev–Trinajstić information content (AvgIpc) is 2.83. The lowest BCUT2D eigenvalue weighted by atomic mass is 10.1. The molecular weight excluding hydrogens is 548 g/mol. The number of benzene rings is 2. The molecule has 0 aliphatic rings. The monoisotopic (exact) mass is 577 g/mol. The van der Waals surface area contributed by atoms with Crippen molar-refractivity contribution in [3.05, 3.63) is 89.5 Å². The lowest BCUT2D eigenvalue weighted by molar-refractivity contribution is 0.0827. The predicted octanol–water partition coefficient (Wildman–Crippen LogP) is 4.59. The van der Waals surface area contributed by atoms with Gasteiger partial charge in [-0.2, -0.15) is 0 Å². The highest BCUT2D eigenvalue weighted by Crippen LogP contribution is 2.24. The van der Waals surface area contributed by atoms with Crippen LogP contribution in [0.1, 0.15) is 28.4 Å². The molecule has 2 N–H and O–H groups in total. The van der Waals surface area contributed by atoms with Gasteiger partial charge < -0.3 is 20.3 Å². The molecule has 0 atom stereocenters. The van der Waals surface area contributed by atoms with Gasteiger partial charge in [0.15, 0.2) is 17.5 Å². The second-order valence-electron chi connectivity index (χ2n) is 7.50. The summed E-state index contributed by atoms with van der Waals surface area (Å²) in [5, 5.41) is 6.43. The summed E-state index contributed by atoms with van der Waals surface area (Å²) in [6.07, 6.45) is 3.15. The fraction of sp³-hybridized carbons (Fsp3) is 0.240. The zero-order valence-corrected chi connectivity index (χ0v) is 21.7. The second-order valence-corrected chi connectivity index (χ2v) is 7.50. The van der Waals surface area contributed by atoms with Crippen LogP contribution in [-0.4, -0.2) is 42.4 Å². The first-order valence-electron chi connectivity index (χ1n) is 10.7. The molecule has 3 rings (SSSR count). The minimum Gasteiger partial charge on any atom is -0.453 e. The first-order chi connectivity index (χ1) is 16.0. The highest BCUT2D eigenvalue weighted by molar-refractivity contribution is 14.0. The van der Waals surface area contributed by atoms with Gasteiger partial charge in [-0.15, -0.1) is 24.0 Å². The van der Waals surface area contributed by atoms with Crippen molar-refractivity contribution in [2.45, 2.75) is 20.0 Å². The number of hydrogen-bond donors (Lipinski definition) is 2. The van der Waals surface area contributed by atoms with Gasteiger partial charge in [0, 0.05) is 38.9 Å². The molecule has 0 unspecified atom stereocenters. The number of pyridine rings is 1. The van der Waals surface area contributed by atoms with E-state index in [-0.39, 0.29) is 35.6 Å². The first kappa shape index (κ1) is 27.0. The Labute approximate surface area is 216 Å². The average molecular weight is 577 g/mol. The van der Waals surface area contributed by atoms with E-state index in [9.17, 15) is 9.18 Å². The van der Waals surface area contributed by atoms with Crippen LogP contribution in [0.2, 0.25) is 0 Å². The molecule has 0 saturated carbocycles. The Balaban J connectivity index is 0.00000408. The standard InChI is InChI=1S/C25H28FN5O2.HI/c1-4-28-25(29-15-18-7-10-20(11-8-18)24(32)31(2)3)30-16-19-9-12-23(22(26)14-19)33-21-6-5-13-27-17-21;/h5-14,17H,4,15-16H2,1-3H3,(H2,28,29,30);1H. The van der Waals surface area contributed by atoms with Gasteiger partial charge in [0.2, 0.25) is 0 Å².